The van der Waals surface area contributed by atoms with E-state index in [-0.39, 0.29) is 11.8 Å². The molecule has 0 aliphatic heterocycles. The number of aryl methyl sites for hydroxylation is 1. The summed E-state index contributed by atoms with van der Waals surface area (Å²) in [4.78, 5) is 0. The number of alkyl halides is 3. The second-order valence-corrected chi connectivity index (χ2v) is 4.10. The summed E-state index contributed by atoms with van der Waals surface area (Å²) < 4.78 is 35.8. The minimum atomic E-state index is -4.16. The van der Waals surface area contributed by atoms with E-state index in [2.05, 4.69) is 5.32 Å². The van der Waals surface area contributed by atoms with Gasteiger partial charge in [-0.25, -0.2) is 0 Å². The molecule has 5 heteroatoms. The molecule has 1 aromatic rings. The molecule has 0 aliphatic rings. The Bertz CT molecular complexity index is 335. The van der Waals surface area contributed by atoms with Gasteiger partial charge < -0.3 is 10.4 Å². The number of phenolic OH excluding ortho intramolecular Hbond substituents is 1. The third kappa shape index (κ3) is 6.16. The van der Waals surface area contributed by atoms with Crippen molar-refractivity contribution in [3.63, 3.8) is 0 Å². The van der Waals surface area contributed by atoms with Gasteiger partial charge >= 0.3 is 6.18 Å². The number of halogens is 3. The molecule has 17 heavy (non-hydrogen) atoms. The lowest BCUT2D eigenvalue weighted by Gasteiger charge is -2.15. The molecule has 0 aliphatic carbocycles. The SMILES string of the molecule is CC(CCc1ccc(O)cc1)NCC(F)(F)F. The maximum Gasteiger partial charge on any atom is 0.401 e. The van der Waals surface area contributed by atoms with Crippen LogP contribution in [-0.4, -0.2) is 23.9 Å². The number of hydrogen-bond donors (Lipinski definition) is 2. The van der Waals surface area contributed by atoms with E-state index in [9.17, 15) is 13.2 Å². The standard InChI is InChI=1S/C12H16F3NO/c1-9(16-8-12(13,14)15)2-3-10-4-6-11(17)7-5-10/h4-7,9,16-17H,2-3,8H2,1H3. The lowest BCUT2D eigenvalue weighted by molar-refractivity contribution is -0.126. The molecule has 0 aromatic heterocycles. The van der Waals surface area contributed by atoms with Crippen molar-refractivity contribution < 1.29 is 18.3 Å². The van der Waals surface area contributed by atoms with E-state index in [1.807, 2.05) is 0 Å². The van der Waals surface area contributed by atoms with Crippen molar-refractivity contribution in [1.82, 2.24) is 5.32 Å². The molecular formula is C12H16F3NO. The minimum absolute atomic E-state index is 0.189. The summed E-state index contributed by atoms with van der Waals surface area (Å²) in [5.74, 6) is 0.192. The van der Waals surface area contributed by atoms with Crippen LogP contribution in [0, 0.1) is 0 Å². The molecule has 0 bridgehead atoms. The largest absolute Gasteiger partial charge is 0.508 e. The molecule has 0 radical (unpaired) electrons. The highest BCUT2D eigenvalue weighted by atomic mass is 19.4. The van der Waals surface area contributed by atoms with Gasteiger partial charge in [-0.15, -0.1) is 0 Å². The molecule has 2 N–H and O–H groups in total. The number of hydrogen-bond acceptors (Lipinski definition) is 2. The number of nitrogens with one attached hydrogen (secondary N) is 1. The molecule has 2 nitrogen and oxygen atoms in total. The Hall–Kier alpha value is -1.23. The Labute approximate surface area is 98.5 Å². The average Bonchev–Trinajstić information content (AvgIpc) is 2.25. The van der Waals surface area contributed by atoms with E-state index in [0.717, 1.165) is 5.56 Å². The van der Waals surface area contributed by atoms with Gasteiger partial charge in [-0.1, -0.05) is 12.1 Å². The van der Waals surface area contributed by atoms with Crippen LogP contribution in [0.1, 0.15) is 18.9 Å². The van der Waals surface area contributed by atoms with E-state index in [0.29, 0.717) is 12.8 Å². The van der Waals surface area contributed by atoms with Crippen molar-refractivity contribution in [2.75, 3.05) is 6.54 Å². The molecule has 0 saturated heterocycles. The van der Waals surface area contributed by atoms with E-state index >= 15 is 0 Å². The van der Waals surface area contributed by atoms with E-state index in [1.165, 1.54) is 0 Å². The predicted octanol–water partition coefficient (Wildman–Crippen LogP) is 2.87. The van der Waals surface area contributed by atoms with Crippen LogP contribution in [0.4, 0.5) is 13.2 Å². The van der Waals surface area contributed by atoms with Crippen molar-refractivity contribution in [3.05, 3.63) is 29.8 Å². The van der Waals surface area contributed by atoms with E-state index in [1.54, 1.807) is 31.2 Å². The molecule has 0 spiro atoms. The van der Waals surface area contributed by atoms with Gasteiger partial charge in [0.05, 0.1) is 6.54 Å². The topological polar surface area (TPSA) is 32.3 Å². The summed E-state index contributed by atoms with van der Waals surface area (Å²) in [6.45, 7) is 0.774. The number of aromatic hydroxyl groups is 1. The first-order valence-electron chi connectivity index (χ1n) is 5.45. The Morgan fingerprint density at radius 3 is 2.35 bits per heavy atom. The molecule has 0 fully saturated rings. The first-order chi connectivity index (χ1) is 7.87. The van der Waals surface area contributed by atoms with Crippen LogP contribution >= 0.6 is 0 Å². The number of benzene rings is 1. The summed E-state index contributed by atoms with van der Waals surface area (Å²) in [5, 5.41) is 11.5. The smallest absolute Gasteiger partial charge is 0.401 e. The fraction of sp³-hybridized carbons (Fsp3) is 0.500. The highest BCUT2D eigenvalue weighted by Crippen LogP contribution is 2.14. The van der Waals surface area contributed by atoms with E-state index < -0.39 is 12.7 Å². The third-order valence-electron chi connectivity index (χ3n) is 2.45. The van der Waals surface area contributed by atoms with Crippen molar-refractivity contribution >= 4 is 0 Å². The zero-order valence-electron chi connectivity index (χ0n) is 9.59. The monoisotopic (exact) mass is 247 g/mol. The number of rotatable bonds is 5. The van der Waals surface area contributed by atoms with Gasteiger partial charge in [0.25, 0.3) is 0 Å². The molecule has 0 amide bonds. The third-order valence-corrected chi connectivity index (χ3v) is 2.45. The van der Waals surface area contributed by atoms with Crippen LogP contribution in [-0.2, 0) is 6.42 Å². The quantitative estimate of drug-likeness (QED) is 0.838. The molecule has 1 aromatic carbocycles. The van der Waals surface area contributed by atoms with Gasteiger partial charge in [-0.2, -0.15) is 13.2 Å². The van der Waals surface area contributed by atoms with Gasteiger partial charge in [-0.3, -0.25) is 0 Å². The fourth-order valence-electron chi connectivity index (χ4n) is 1.44. The molecule has 0 saturated carbocycles. The zero-order chi connectivity index (χ0) is 12.9. The maximum absolute atomic E-state index is 11.9. The summed E-state index contributed by atoms with van der Waals surface area (Å²) >= 11 is 0. The molecule has 96 valence electrons. The first-order valence-corrected chi connectivity index (χ1v) is 5.45. The Balaban J connectivity index is 2.28. The fourth-order valence-corrected chi connectivity index (χ4v) is 1.44. The van der Waals surface area contributed by atoms with Crippen LogP contribution in [0.25, 0.3) is 0 Å². The molecule has 1 atom stereocenters. The summed E-state index contributed by atoms with van der Waals surface area (Å²) in [7, 11) is 0. The predicted molar refractivity (Wildman–Crippen MR) is 59.9 cm³/mol. The molecular weight excluding hydrogens is 231 g/mol. The second kappa shape index (κ2) is 5.91. The molecule has 1 unspecified atom stereocenters. The van der Waals surface area contributed by atoms with Gasteiger partial charge in [0.1, 0.15) is 5.75 Å². The van der Waals surface area contributed by atoms with Gasteiger partial charge in [0, 0.05) is 6.04 Å². The highest BCUT2D eigenvalue weighted by molar-refractivity contribution is 5.25. The minimum Gasteiger partial charge on any atom is -0.508 e. The second-order valence-electron chi connectivity index (χ2n) is 4.10. The summed E-state index contributed by atoms with van der Waals surface area (Å²) in [5.41, 5.74) is 1.00. The zero-order valence-corrected chi connectivity index (χ0v) is 9.59. The average molecular weight is 247 g/mol. The van der Waals surface area contributed by atoms with Crippen LogP contribution < -0.4 is 5.32 Å². The highest BCUT2D eigenvalue weighted by Gasteiger charge is 2.27. The Kier molecular flexibility index (Phi) is 4.81. The Morgan fingerprint density at radius 2 is 1.82 bits per heavy atom. The lowest BCUT2D eigenvalue weighted by atomic mass is 10.1. The van der Waals surface area contributed by atoms with Crippen molar-refractivity contribution in [3.8, 4) is 5.75 Å². The van der Waals surface area contributed by atoms with Crippen LogP contribution in [0.15, 0.2) is 24.3 Å². The Morgan fingerprint density at radius 1 is 1.24 bits per heavy atom. The first kappa shape index (κ1) is 13.8. The van der Waals surface area contributed by atoms with Crippen LogP contribution in [0.5, 0.6) is 5.75 Å². The lowest BCUT2D eigenvalue weighted by Crippen LogP contribution is -2.35. The van der Waals surface area contributed by atoms with Crippen molar-refractivity contribution in [1.29, 1.82) is 0 Å². The molecule has 1 rings (SSSR count). The summed E-state index contributed by atoms with van der Waals surface area (Å²) in [6.07, 6.45) is -2.85. The van der Waals surface area contributed by atoms with Crippen LogP contribution in [0.2, 0.25) is 0 Å². The normalized spacial score (nSPS) is 13.6. The van der Waals surface area contributed by atoms with Crippen molar-refractivity contribution in [2.45, 2.75) is 32.0 Å². The van der Waals surface area contributed by atoms with Gasteiger partial charge in [0.15, 0.2) is 0 Å². The van der Waals surface area contributed by atoms with Crippen LogP contribution in [0.3, 0.4) is 0 Å². The van der Waals surface area contributed by atoms with Crippen molar-refractivity contribution in [2.24, 2.45) is 0 Å². The molecule has 0 heterocycles. The maximum atomic E-state index is 11.9. The van der Waals surface area contributed by atoms with Gasteiger partial charge in [-0.05, 0) is 37.5 Å². The van der Waals surface area contributed by atoms with E-state index in [4.69, 9.17) is 5.11 Å². The number of phenols is 1. The summed E-state index contributed by atoms with van der Waals surface area (Å²) in [6, 6.07) is 6.50. The van der Waals surface area contributed by atoms with Gasteiger partial charge in [0.2, 0.25) is 0 Å².